The third-order valence-electron chi connectivity index (χ3n) is 7.78. The Morgan fingerprint density at radius 1 is 0.442 bits per heavy atom. The number of nitrogens with zero attached hydrogens (tertiary/aromatic N) is 1. The van der Waals surface area contributed by atoms with E-state index in [1.807, 2.05) is 18.2 Å². The van der Waals surface area contributed by atoms with E-state index in [-0.39, 0.29) is 0 Å². The van der Waals surface area contributed by atoms with Crippen LogP contribution in [-0.4, -0.2) is 0 Å². The fourth-order valence-corrected chi connectivity index (χ4v) is 5.32. The molecule has 0 aromatic heterocycles. The summed E-state index contributed by atoms with van der Waals surface area (Å²) < 4.78 is 0. The van der Waals surface area contributed by atoms with E-state index in [1.54, 1.807) is 0 Å². The van der Waals surface area contributed by atoms with Gasteiger partial charge in [0.2, 0.25) is 0 Å². The average molecular weight is 554 g/mol. The van der Waals surface area contributed by atoms with E-state index < -0.39 is 0 Å². The molecule has 0 N–H and O–H groups in total. The number of benzene rings is 5. The SMILES string of the molecule is C=CC1=CC=C(c2ccc(N(c3ccc(/C=C/c4ccccc4)cc3)c3ccc(/C=C/c4ccccc4)cc3)cc2)CC1. The van der Waals surface area contributed by atoms with Gasteiger partial charge in [-0.25, -0.2) is 0 Å². The molecule has 0 aliphatic heterocycles. The van der Waals surface area contributed by atoms with Crippen LogP contribution in [0, 0.1) is 0 Å². The second-order valence-corrected chi connectivity index (χ2v) is 10.7. The summed E-state index contributed by atoms with van der Waals surface area (Å²) in [5, 5.41) is 0. The highest BCUT2D eigenvalue weighted by atomic mass is 15.1. The zero-order chi connectivity index (χ0) is 29.3. The maximum Gasteiger partial charge on any atom is 0.0462 e. The number of hydrogen-bond donors (Lipinski definition) is 0. The summed E-state index contributed by atoms with van der Waals surface area (Å²) in [7, 11) is 0. The number of anilines is 3. The van der Waals surface area contributed by atoms with Crippen molar-refractivity contribution in [1.29, 1.82) is 0 Å². The van der Waals surface area contributed by atoms with Gasteiger partial charge < -0.3 is 4.90 Å². The highest BCUT2D eigenvalue weighted by molar-refractivity contribution is 5.80. The molecule has 0 atom stereocenters. The summed E-state index contributed by atoms with van der Waals surface area (Å²) >= 11 is 0. The fraction of sp³-hybridized carbons (Fsp3) is 0.0476. The molecule has 0 saturated heterocycles. The van der Waals surface area contributed by atoms with Gasteiger partial charge in [-0.05, 0) is 88.2 Å². The first-order valence-electron chi connectivity index (χ1n) is 14.8. The molecular formula is C42H35N. The lowest BCUT2D eigenvalue weighted by Gasteiger charge is -2.26. The van der Waals surface area contributed by atoms with E-state index >= 15 is 0 Å². The summed E-state index contributed by atoms with van der Waals surface area (Å²) in [6, 6.07) is 47.3. The lowest BCUT2D eigenvalue weighted by atomic mass is 9.93. The molecule has 1 aliphatic rings. The Bertz CT molecular complexity index is 1680. The van der Waals surface area contributed by atoms with Gasteiger partial charge in [0.1, 0.15) is 0 Å². The van der Waals surface area contributed by atoms with Crippen LogP contribution < -0.4 is 4.90 Å². The lowest BCUT2D eigenvalue weighted by Crippen LogP contribution is -2.10. The molecule has 0 unspecified atom stereocenters. The number of hydrogen-bond acceptors (Lipinski definition) is 1. The number of allylic oxidation sites excluding steroid dienone is 5. The van der Waals surface area contributed by atoms with Crippen molar-refractivity contribution >= 4 is 46.9 Å². The van der Waals surface area contributed by atoms with Crippen molar-refractivity contribution in [1.82, 2.24) is 0 Å². The molecule has 0 heterocycles. The molecule has 208 valence electrons. The van der Waals surface area contributed by atoms with Crippen molar-refractivity contribution in [3.8, 4) is 0 Å². The maximum absolute atomic E-state index is 3.92. The molecule has 0 spiro atoms. The molecule has 1 heteroatoms. The second kappa shape index (κ2) is 13.5. The van der Waals surface area contributed by atoms with Crippen molar-refractivity contribution < 1.29 is 0 Å². The lowest BCUT2D eigenvalue weighted by molar-refractivity contribution is 1.01. The van der Waals surface area contributed by atoms with E-state index in [1.165, 1.54) is 39.0 Å². The Morgan fingerprint density at radius 3 is 1.26 bits per heavy atom. The van der Waals surface area contributed by atoms with E-state index in [9.17, 15) is 0 Å². The molecule has 6 rings (SSSR count). The second-order valence-electron chi connectivity index (χ2n) is 10.7. The van der Waals surface area contributed by atoms with Crippen LogP contribution >= 0.6 is 0 Å². The molecule has 5 aromatic rings. The van der Waals surface area contributed by atoms with Gasteiger partial charge in [0.05, 0.1) is 0 Å². The Balaban J connectivity index is 1.29. The molecule has 0 fully saturated rings. The largest absolute Gasteiger partial charge is 0.311 e. The highest BCUT2D eigenvalue weighted by Gasteiger charge is 2.14. The first kappa shape index (κ1) is 27.8. The summed E-state index contributed by atoms with van der Waals surface area (Å²) in [4.78, 5) is 2.32. The van der Waals surface area contributed by atoms with E-state index in [0.29, 0.717) is 0 Å². The Hall–Kier alpha value is -5.40. The van der Waals surface area contributed by atoms with Crippen molar-refractivity contribution in [3.63, 3.8) is 0 Å². The van der Waals surface area contributed by atoms with Gasteiger partial charge in [-0.3, -0.25) is 0 Å². The Morgan fingerprint density at radius 2 is 0.860 bits per heavy atom. The zero-order valence-electron chi connectivity index (χ0n) is 24.3. The van der Waals surface area contributed by atoms with E-state index in [0.717, 1.165) is 29.9 Å². The van der Waals surface area contributed by atoms with Crippen LogP contribution in [0.5, 0.6) is 0 Å². The predicted octanol–water partition coefficient (Wildman–Crippen LogP) is 11.8. The first-order valence-corrected chi connectivity index (χ1v) is 14.8. The van der Waals surface area contributed by atoms with Crippen LogP contribution in [0.4, 0.5) is 17.1 Å². The molecule has 0 amide bonds. The minimum atomic E-state index is 1.04. The van der Waals surface area contributed by atoms with Crippen LogP contribution in [0.25, 0.3) is 29.9 Å². The molecule has 0 bridgehead atoms. The van der Waals surface area contributed by atoms with Crippen molar-refractivity contribution in [2.45, 2.75) is 12.8 Å². The molecule has 1 nitrogen and oxygen atoms in total. The third kappa shape index (κ3) is 7.09. The summed E-state index contributed by atoms with van der Waals surface area (Å²) in [5.41, 5.74) is 12.0. The molecule has 1 aliphatic carbocycles. The van der Waals surface area contributed by atoms with Crippen LogP contribution in [0.2, 0.25) is 0 Å². The minimum Gasteiger partial charge on any atom is -0.311 e. The maximum atomic E-state index is 3.92. The van der Waals surface area contributed by atoms with Gasteiger partial charge >= 0.3 is 0 Å². The quantitative estimate of drug-likeness (QED) is 0.164. The molecule has 0 radical (unpaired) electrons. The molecule has 43 heavy (non-hydrogen) atoms. The van der Waals surface area contributed by atoms with Gasteiger partial charge in [0.25, 0.3) is 0 Å². The van der Waals surface area contributed by atoms with Crippen molar-refractivity contribution in [3.05, 3.63) is 192 Å². The predicted molar refractivity (Wildman–Crippen MR) is 187 cm³/mol. The summed E-state index contributed by atoms with van der Waals surface area (Å²) in [6.45, 7) is 3.92. The summed E-state index contributed by atoms with van der Waals surface area (Å²) in [5.74, 6) is 0. The molecular weight excluding hydrogens is 518 g/mol. The third-order valence-corrected chi connectivity index (χ3v) is 7.78. The van der Waals surface area contributed by atoms with Gasteiger partial charge in [-0.15, -0.1) is 0 Å². The first-order chi connectivity index (χ1) is 21.2. The minimum absolute atomic E-state index is 1.04. The van der Waals surface area contributed by atoms with Crippen LogP contribution in [-0.2, 0) is 0 Å². The normalized spacial score (nSPS) is 13.1. The topological polar surface area (TPSA) is 3.24 Å². The Kier molecular flexibility index (Phi) is 8.72. The average Bonchev–Trinajstić information content (AvgIpc) is 3.09. The van der Waals surface area contributed by atoms with Crippen LogP contribution in [0.1, 0.15) is 40.7 Å². The monoisotopic (exact) mass is 553 g/mol. The van der Waals surface area contributed by atoms with Crippen LogP contribution in [0.3, 0.4) is 0 Å². The van der Waals surface area contributed by atoms with Gasteiger partial charge in [0, 0.05) is 17.1 Å². The van der Waals surface area contributed by atoms with Gasteiger partial charge in [0.15, 0.2) is 0 Å². The summed E-state index contributed by atoms with van der Waals surface area (Å²) in [6.07, 6.45) is 17.1. The van der Waals surface area contributed by atoms with E-state index in [4.69, 9.17) is 0 Å². The number of rotatable bonds is 9. The van der Waals surface area contributed by atoms with Crippen molar-refractivity contribution in [2.75, 3.05) is 4.90 Å². The van der Waals surface area contributed by atoms with Crippen molar-refractivity contribution in [2.24, 2.45) is 0 Å². The standard InChI is InChI=1S/C42H35N/c1-2-33-17-23-38(24-18-33)39-25-31-42(32-26-39)43(40-27-19-36(20-28-40)15-13-34-9-5-3-6-10-34)41-29-21-37(22-30-41)16-14-35-11-7-4-8-12-35/h2-17,19-23,25-32H,1,18,24H2/b15-13+,16-14+. The van der Waals surface area contributed by atoms with E-state index in [2.05, 4.69) is 169 Å². The Labute approximate surface area is 255 Å². The smallest absolute Gasteiger partial charge is 0.0462 e. The molecule has 5 aromatic carbocycles. The fourth-order valence-electron chi connectivity index (χ4n) is 5.32. The highest BCUT2D eigenvalue weighted by Crippen LogP contribution is 2.36. The van der Waals surface area contributed by atoms with Gasteiger partial charge in [-0.1, -0.05) is 146 Å². The zero-order valence-corrected chi connectivity index (χ0v) is 24.3. The van der Waals surface area contributed by atoms with Gasteiger partial charge in [-0.2, -0.15) is 0 Å². The van der Waals surface area contributed by atoms with Crippen LogP contribution in [0.15, 0.2) is 164 Å². The molecule has 0 saturated carbocycles.